The second-order valence-electron chi connectivity index (χ2n) is 11.9. The maximum Gasteiger partial charge on any atom is 0.326 e. The van der Waals surface area contributed by atoms with Crippen LogP contribution in [0.25, 0.3) is 0 Å². The number of aliphatic carboxylic acids is 1. The molecule has 0 aromatic carbocycles. The fraction of sp³-hybridized carbons (Fsp3) is 0.741. The number of carbonyl (C=O) groups excluding carboxylic acids is 3. The molecular weight excluding hydrogens is 478 g/mol. The summed E-state index contributed by atoms with van der Waals surface area (Å²) in [6, 6.07) is -1.40. The van der Waals surface area contributed by atoms with Gasteiger partial charge >= 0.3 is 5.97 Å². The number of hydrogen-bond acceptors (Lipinski definition) is 7. The van der Waals surface area contributed by atoms with Crippen LogP contribution >= 0.6 is 0 Å². The standard InChI is InChI=1S/C27H39N3O7/c1-15(31)27(36)11-8-20-18-5-4-16-12-17(6-9-25(16,2)19(18)7-10-26(20,27)3)30-37-14-23(33)29-21(24(34)35)13-22(28)32/h12,18-21,36H,4-11,13-14H2,1-3H3,(H2,28,32)(H,29,33)(H,34,35)/b30-17+/t18?,19?,20?,21?,25-,26-,27-/m0/s1. The number of carboxylic acid groups (broad SMARTS) is 1. The fourth-order valence-electron chi connectivity index (χ4n) is 8.05. The summed E-state index contributed by atoms with van der Waals surface area (Å²) in [4.78, 5) is 51.8. The average Bonchev–Trinajstić information content (AvgIpc) is 3.10. The van der Waals surface area contributed by atoms with Crippen LogP contribution in [0.2, 0.25) is 0 Å². The summed E-state index contributed by atoms with van der Waals surface area (Å²) in [6.07, 6.45) is 8.43. The lowest BCUT2D eigenvalue weighted by Crippen LogP contribution is -2.57. The van der Waals surface area contributed by atoms with Gasteiger partial charge in [0.15, 0.2) is 12.4 Å². The summed E-state index contributed by atoms with van der Waals surface area (Å²) in [5, 5.41) is 26.8. The number of nitrogens with two attached hydrogens (primary N) is 1. The number of aliphatic hydroxyl groups is 1. The molecule has 0 saturated heterocycles. The molecule has 3 saturated carbocycles. The van der Waals surface area contributed by atoms with Gasteiger partial charge in [-0.25, -0.2) is 4.79 Å². The highest BCUT2D eigenvalue weighted by atomic mass is 16.6. The van der Waals surface area contributed by atoms with Crippen molar-refractivity contribution in [2.75, 3.05) is 6.61 Å². The Kier molecular flexibility index (Phi) is 7.27. The van der Waals surface area contributed by atoms with Gasteiger partial charge in [0.2, 0.25) is 5.91 Å². The molecule has 4 aliphatic rings. The van der Waals surface area contributed by atoms with E-state index in [-0.39, 0.29) is 16.6 Å². The normalized spacial score (nSPS) is 38.4. The Morgan fingerprint density at radius 2 is 1.84 bits per heavy atom. The number of carbonyl (C=O) groups is 4. The van der Waals surface area contributed by atoms with Gasteiger partial charge in [-0.15, -0.1) is 0 Å². The van der Waals surface area contributed by atoms with Crippen LogP contribution < -0.4 is 11.1 Å². The number of carboxylic acids is 1. The van der Waals surface area contributed by atoms with Crippen LogP contribution in [0.1, 0.15) is 78.6 Å². The maximum absolute atomic E-state index is 12.4. The van der Waals surface area contributed by atoms with Crippen LogP contribution in [0.3, 0.4) is 0 Å². The molecule has 0 radical (unpaired) electrons. The molecule has 7 atom stereocenters. The van der Waals surface area contributed by atoms with Gasteiger partial charge in [0.25, 0.3) is 5.91 Å². The monoisotopic (exact) mass is 517 g/mol. The number of oxime groups is 1. The van der Waals surface area contributed by atoms with Gasteiger partial charge in [0, 0.05) is 5.41 Å². The molecule has 3 fully saturated rings. The zero-order chi connectivity index (χ0) is 27.2. The highest BCUT2D eigenvalue weighted by Gasteiger charge is 2.65. The molecule has 2 amide bonds. The number of fused-ring (bicyclic) bond motifs is 5. The molecule has 0 spiro atoms. The fourth-order valence-corrected chi connectivity index (χ4v) is 8.05. The van der Waals surface area contributed by atoms with Crippen molar-refractivity contribution in [2.24, 2.45) is 39.5 Å². The number of nitrogens with zero attached hydrogens (tertiary/aromatic N) is 1. The lowest BCUT2D eigenvalue weighted by Gasteiger charge is -2.59. The zero-order valence-corrected chi connectivity index (χ0v) is 21.9. The van der Waals surface area contributed by atoms with Crippen molar-refractivity contribution in [2.45, 2.75) is 90.2 Å². The van der Waals surface area contributed by atoms with Gasteiger partial charge < -0.3 is 26.1 Å². The first-order valence-electron chi connectivity index (χ1n) is 13.3. The largest absolute Gasteiger partial charge is 0.480 e. The van der Waals surface area contributed by atoms with Crippen molar-refractivity contribution in [3.63, 3.8) is 0 Å². The first-order valence-corrected chi connectivity index (χ1v) is 13.3. The van der Waals surface area contributed by atoms with E-state index in [2.05, 4.69) is 30.4 Å². The molecular formula is C27H39N3O7. The Labute approximate surface area is 217 Å². The molecule has 0 bridgehead atoms. The molecule has 5 N–H and O–H groups in total. The van der Waals surface area contributed by atoms with Gasteiger partial charge in [-0.2, -0.15) is 0 Å². The van der Waals surface area contributed by atoms with Crippen molar-refractivity contribution >= 4 is 29.3 Å². The smallest absolute Gasteiger partial charge is 0.326 e. The van der Waals surface area contributed by atoms with E-state index in [1.54, 1.807) is 0 Å². The molecule has 0 heterocycles. The molecule has 4 unspecified atom stereocenters. The van der Waals surface area contributed by atoms with E-state index in [9.17, 15) is 24.3 Å². The van der Waals surface area contributed by atoms with Crippen LogP contribution in [-0.4, -0.2) is 57.7 Å². The molecule has 4 rings (SSSR count). The summed E-state index contributed by atoms with van der Waals surface area (Å²) in [6.45, 7) is 5.53. The number of rotatable bonds is 8. The quantitative estimate of drug-likeness (QED) is 0.357. The molecule has 37 heavy (non-hydrogen) atoms. The van der Waals surface area contributed by atoms with Crippen LogP contribution in [0.15, 0.2) is 16.8 Å². The van der Waals surface area contributed by atoms with Gasteiger partial charge in [-0.05, 0) is 87.5 Å². The Hall–Kier alpha value is -2.75. The number of nitrogens with one attached hydrogen (secondary N) is 1. The highest BCUT2D eigenvalue weighted by molar-refractivity contribution is 5.96. The molecule has 0 aromatic heterocycles. The van der Waals surface area contributed by atoms with Crippen LogP contribution in [0.4, 0.5) is 0 Å². The lowest BCUT2D eigenvalue weighted by molar-refractivity contribution is -0.159. The minimum absolute atomic E-state index is 0.0288. The van der Waals surface area contributed by atoms with Crippen molar-refractivity contribution < 1.29 is 34.2 Å². The predicted molar refractivity (Wildman–Crippen MR) is 134 cm³/mol. The second-order valence-corrected chi connectivity index (χ2v) is 11.9. The summed E-state index contributed by atoms with van der Waals surface area (Å²) < 4.78 is 0. The van der Waals surface area contributed by atoms with Gasteiger partial charge in [0.05, 0.1) is 12.1 Å². The third-order valence-corrected chi connectivity index (χ3v) is 10.1. The van der Waals surface area contributed by atoms with Crippen LogP contribution in [0.5, 0.6) is 0 Å². The number of Topliss-reactive ketones (excluding diaryl/α,β-unsaturated/α-hetero) is 1. The number of allylic oxidation sites excluding steroid dienone is 2. The van der Waals surface area contributed by atoms with Crippen molar-refractivity contribution in [1.82, 2.24) is 5.32 Å². The van der Waals surface area contributed by atoms with Gasteiger partial charge in [-0.3, -0.25) is 14.4 Å². The minimum Gasteiger partial charge on any atom is -0.480 e. The van der Waals surface area contributed by atoms with Crippen molar-refractivity contribution in [3.05, 3.63) is 11.6 Å². The first-order chi connectivity index (χ1) is 17.3. The minimum atomic E-state index is -1.40. The van der Waals surface area contributed by atoms with Crippen LogP contribution in [0, 0.1) is 28.6 Å². The second kappa shape index (κ2) is 9.85. The lowest BCUT2D eigenvalue weighted by atomic mass is 9.46. The van der Waals surface area contributed by atoms with E-state index in [1.807, 2.05) is 0 Å². The maximum atomic E-state index is 12.4. The Balaban J connectivity index is 1.40. The number of hydrogen-bond donors (Lipinski definition) is 4. The summed E-state index contributed by atoms with van der Waals surface area (Å²) >= 11 is 0. The first kappa shape index (κ1) is 27.3. The van der Waals surface area contributed by atoms with Crippen LogP contribution in [-0.2, 0) is 24.0 Å². The Bertz CT molecular complexity index is 1050. The van der Waals surface area contributed by atoms with E-state index >= 15 is 0 Å². The third kappa shape index (κ3) is 4.69. The van der Waals surface area contributed by atoms with E-state index in [0.29, 0.717) is 30.6 Å². The molecule has 204 valence electrons. The Morgan fingerprint density at radius 1 is 1.14 bits per heavy atom. The number of primary amides is 1. The molecule has 0 aliphatic heterocycles. The van der Waals surface area contributed by atoms with E-state index < -0.39 is 42.5 Å². The number of amides is 2. The van der Waals surface area contributed by atoms with E-state index in [0.717, 1.165) is 44.2 Å². The number of ketones is 1. The predicted octanol–water partition coefficient (Wildman–Crippen LogP) is 2.09. The topological polar surface area (TPSA) is 168 Å². The van der Waals surface area contributed by atoms with Gasteiger partial charge in [0.1, 0.15) is 11.6 Å². The highest BCUT2D eigenvalue weighted by Crippen LogP contribution is 2.67. The average molecular weight is 518 g/mol. The Morgan fingerprint density at radius 3 is 2.49 bits per heavy atom. The van der Waals surface area contributed by atoms with Gasteiger partial charge in [-0.1, -0.05) is 24.6 Å². The SMILES string of the molecule is CC(=O)[C@@]1(O)CCC2C3CCC4=C/C(=N/OCC(=O)NC(CC(N)=O)C(=O)O)CC[C@]4(C)C3CC[C@@]21C. The summed E-state index contributed by atoms with van der Waals surface area (Å²) in [7, 11) is 0. The molecule has 10 heteroatoms. The zero-order valence-electron chi connectivity index (χ0n) is 21.9. The molecule has 4 aliphatic carbocycles. The van der Waals surface area contributed by atoms with E-state index in [4.69, 9.17) is 15.7 Å². The third-order valence-electron chi connectivity index (χ3n) is 10.1. The summed E-state index contributed by atoms with van der Waals surface area (Å²) in [5.41, 5.74) is 5.58. The van der Waals surface area contributed by atoms with Crippen molar-refractivity contribution in [3.8, 4) is 0 Å². The van der Waals surface area contributed by atoms with Crippen molar-refractivity contribution in [1.29, 1.82) is 0 Å². The molecule has 10 nitrogen and oxygen atoms in total. The molecule has 0 aromatic rings. The van der Waals surface area contributed by atoms with E-state index in [1.165, 1.54) is 12.5 Å². The summed E-state index contributed by atoms with van der Waals surface area (Å²) in [5.74, 6) is -1.65.